The molecule has 0 unspecified atom stereocenters. The van der Waals surface area contributed by atoms with Crippen LogP contribution in [0.1, 0.15) is 28.8 Å². The van der Waals surface area contributed by atoms with Crippen LogP contribution >= 0.6 is 34.5 Å². The zero-order valence-electron chi connectivity index (χ0n) is 14.1. The Labute approximate surface area is 161 Å². The van der Waals surface area contributed by atoms with E-state index in [1.54, 1.807) is 17.4 Å². The zero-order chi connectivity index (χ0) is 17.8. The largest absolute Gasteiger partial charge is 0.371 e. The van der Waals surface area contributed by atoms with Gasteiger partial charge in [-0.05, 0) is 37.1 Å². The second-order valence-corrected chi connectivity index (χ2v) is 7.49. The van der Waals surface area contributed by atoms with Crippen molar-refractivity contribution in [3.8, 4) is 10.6 Å². The van der Waals surface area contributed by atoms with Crippen LogP contribution < -0.4 is 0 Å². The Morgan fingerprint density at radius 1 is 1.16 bits per heavy atom. The fraction of sp³-hybridized carbons (Fsp3) is 0.263. The van der Waals surface area contributed by atoms with Gasteiger partial charge >= 0.3 is 0 Å². The highest BCUT2D eigenvalue weighted by atomic mass is 35.5. The molecule has 0 saturated heterocycles. The number of rotatable bonds is 6. The summed E-state index contributed by atoms with van der Waals surface area (Å²) in [5, 5.41) is 2.09. The predicted molar refractivity (Wildman–Crippen MR) is 104 cm³/mol. The van der Waals surface area contributed by atoms with E-state index in [9.17, 15) is 0 Å². The fourth-order valence-corrected chi connectivity index (χ4v) is 3.77. The second kappa shape index (κ2) is 8.28. The molecule has 2 aromatic heterocycles. The first-order chi connectivity index (χ1) is 12.1. The molecule has 2 heterocycles. The Hall–Kier alpha value is -1.46. The summed E-state index contributed by atoms with van der Waals surface area (Å²) in [5.41, 5.74) is 4.05. The predicted octanol–water partition coefficient (Wildman–Crippen LogP) is 6.10. The van der Waals surface area contributed by atoms with E-state index in [-0.39, 0.29) is 0 Å². The minimum Gasteiger partial charge on any atom is -0.371 e. The smallest absolute Gasteiger partial charge is 0.124 e. The topological polar surface area (TPSA) is 35.0 Å². The van der Waals surface area contributed by atoms with Gasteiger partial charge in [-0.3, -0.25) is 4.98 Å². The molecule has 3 aromatic rings. The first-order valence-electron chi connectivity index (χ1n) is 8.00. The average molecular weight is 393 g/mol. The standard InChI is InChI=1S/C19H18Cl2N2OS/c1-3-15-9-13(7-8-22-15)19-23-12(2)17(25-19)11-24-10-14-5-4-6-16(20)18(14)21/h4-9H,3,10-11H2,1-2H3. The first-order valence-corrected chi connectivity index (χ1v) is 9.58. The quantitative estimate of drug-likeness (QED) is 0.508. The SMILES string of the molecule is CCc1cc(-c2nc(C)c(COCc3cccc(Cl)c3Cl)s2)ccn1. The van der Waals surface area contributed by atoms with Gasteiger partial charge in [-0.1, -0.05) is 42.3 Å². The lowest BCUT2D eigenvalue weighted by atomic mass is 10.2. The van der Waals surface area contributed by atoms with Crippen LogP contribution in [0.2, 0.25) is 10.0 Å². The van der Waals surface area contributed by atoms with Crippen molar-refractivity contribution in [2.24, 2.45) is 0 Å². The Morgan fingerprint density at radius 2 is 2.00 bits per heavy atom. The highest BCUT2D eigenvalue weighted by molar-refractivity contribution is 7.15. The van der Waals surface area contributed by atoms with Crippen molar-refractivity contribution < 1.29 is 4.74 Å². The van der Waals surface area contributed by atoms with E-state index in [0.29, 0.717) is 23.3 Å². The van der Waals surface area contributed by atoms with Crippen LogP contribution in [0.5, 0.6) is 0 Å². The monoisotopic (exact) mass is 392 g/mol. The van der Waals surface area contributed by atoms with Crippen LogP contribution in [0, 0.1) is 6.92 Å². The number of pyridine rings is 1. The molecule has 6 heteroatoms. The molecule has 0 spiro atoms. The van der Waals surface area contributed by atoms with Gasteiger partial charge < -0.3 is 4.74 Å². The normalized spacial score (nSPS) is 11.0. The molecule has 0 atom stereocenters. The summed E-state index contributed by atoms with van der Waals surface area (Å²) in [6.45, 7) is 5.02. The molecule has 1 aromatic carbocycles. The van der Waals surface area contributed by atoms with Gasteiger partial charge in [0, 0.05) is 17.5 Å². The second-order valence-electron chi connectivity index (χ2n) is 5.62. The maximum absolute atomic E-state index is 6.19. The summed E-state index contributed by atoms with van der Waals surface area (Å²) in [5.74, 6) is 0. The number of hydrogen-bond donors (Lipinski definition) is 0. The maximum Gasteiger partial charge on any atom is 0.124 e. The van der Waals surface area contributed by atoms with E-state index in [2.05, 4.69) is 23.0 Å². The van der Waals surface area contributed by atoms with Crippen LogP contribution in [0.4, 0.5) is 0 Å². The summed E-state index contributed by atoms with van der Waals surface area (Å²) in [6.07, 6.45) is 2.75. The van der Waals surface area contributed by atoms with Crippen LogP contribution in [-0.4, -0.2) is 9.97 Å². The summed E-state index contributed by atoms with van der Waals surface area (Å²) in [6, 6.07) is 9.65. The number of halogens is 2. The number of thiazole rings is 1. The molecule has 0 amide bonds. The van der Waals surface area contributed by atoms with E-state index in [4.69, 9.17) is 27.9 Å². The lowest BCUT2D eigenvalue weighted by molar-refractivity contribution is 0.109. The third-order valence-electron chi connectivity index (χ3n) is 3.84. The molecule has 0 bridgehead atoms. The molecule has 3 rings (SSSR count). The fourth-order valence-electron chi connectivity index (χ4n) is 2.40. The van der Waals surface area contributed by atoms with E-state index in [1.807, 2.05) is 31.3 Å². The lowest BCUT2D eigenvalue weighted by Crippen LogP contribution is -1.95. The molecule has 0 fully saturated rings. The summed E-state index contributed by atoms with van der Waals surface area (Å²) in [4.78, 5) is 10.1. The molecular formula is C19H18Cl2N2OS. The minimum atomic E-state index is 0.418. The van der Waals surface area contributed by atoms with Crippen molar-refractivity contribution in [1.82, 2.24) is 9.97 Å². The molecule has 0 aliphatic heterocycles. The number of ether oxygens (including phenoxy) is 1. The van der Waals surface area contributed by atoms with Gasteiger partial charge in [0.1, 0.15) is 5.01 Å². The van der Waals surface area contributed by atoms with Gasteiger partial charge in [0.25, 0.3) is 0 Å². The highest BCUT2D eigenvalue weighted by Gasteiger charge is 2.11. The van der Waals surface area contributed by atoms with Gasteiger partial charge in [0.2, 0.25) is 0 Å². The van der Waals surface area contributed by atoms with E-state index in [0.717, 1.165) is 38.8 Å². The van der Waals surface area contributed by atoms with Gasteiger partial charge in [0.05, 0.1) is 33.8 Å². The summed E-state index contributed by atoms with van der Waals surface area (Å²) in [7, 11) is 0. The van der Waals surface area contributed by atoms with Gasteiger partial charge in [-0.25, -0.2) is 4.98 Å². The molecule has 0 radical (unpaired) electrons. The van der Waals surface area contributed by atoms with Crippen molar-refractivity contribution in [3.05, 3.63) is 68.4 Å². The Bertz CT molecular complexity index is 880. The van der Waals surface area contributed by atoms with E-state index < -0.39 is 0 Å². The average Bonchev–Trinajstić information content (AvgIpc) is 3.00. The number of aromatic nitrogens is 2. The van der Waals surface area contributed by atoms with Crippen molar-refractivity contribution >= 4 is 34.5 Å². The number of aryl methyl sites for hydroxylation is 2. The van der Waals surface area contributed by atoms with Crippen LogP contribution in [0.3, 0.4) is 0 Å². The number of benzene rings is 1. The molecule has 0 aliphatic carbocycles. The van der Waals surface area contributed by atoms with Crippen LogP contribution in [-0.2, 0) is 24.4 Å². The third kappa shape index (κ3) is 4.39. The van der Waals surface area contributed by atoms with Crippen molar-refractivity contribution in [1.29, 1.82) is 0 Å². The molecule has 3 nitrogen and oxygen atoms in total. The lowest BCUT2D eigenvalue weighted by Gasteiger charge is -2.06. The first kappa shape index (κ1) is 18.3. The van der Waals surface area contributed by atoms with Crippen LogP contribution in [0.25, 0.3) is 10.6 Å². The Morgan fingerprint density at radius 3 is 2.80 bits per heavy atom. The molecule has 0 N–H and O–H groups in total. The molecule has 130 valence electrons. The molecule has 25 heavy (non-hydrogen) atoms. The van der Waals surface area contributed by atoms with Crippen LogP contribution in [0.15, 0.2) is 36.5 Å². The Kier molecular flexibility index (Phi) is 6.07. The highest BCUT2D eigenvalue weighted by Crippen LogP contribution is 2.30. The van der Waals surface area contributed by atoms with Gasteiger partial charge in [-0.15, -0.1) is 11.3 Å². The third-order valence-corrected chi connectivity index (χ3v) is 5.88. The maximum atomic E-state index is 6.19. The summed E-state index contributed by atoms with van der Waals surface area (Å²) >= 11 is 13.9. The molecule has 0 aliphatic rings. The number of nitrogens with zero attached hydrogens (tertiary/aromatic N) is 2. The molecule has 0 saturated carbocycles. The number of hydrogen-bond acceptors (Lipinski definition) is 4. The van der Waals surface area contributed by atoms with Crippen molar-refractivity contribution in [2.75, 3.05) is 0 Å². The molecular weight excluding hydrogens is 375 g/mol. The van der Waals surface area contributed by atoms with E-state index >= 15 is 0 Å². The van der Waals surface area contributed by atoms with Crippen molar-refractivity contribution in [3.63, 3.8) is 0 Å². The summed E-state index contributed by atoms with van der Waals surface area (Å²) < 4.78 is 5.83. The Balaban J connectivity index is 1.69. The van der Waals surface area contributed by atoms with Gasteiger partial charge in [-0.2, -0.15) is 0 Å². The zero-order valence-corrected chi connectivity index (χ0v) is 16.4. The van der Waals surface area contributed by atoms with Crippen molar-refractivity contribution in [2.45, 2.75) is 33.5 Å². The van der Waals surface area contributed by atoms with Gasteiger partial charge in [0.15, 0.2) is 0 Å². The van der Waals surface area contributed by atoms with E-state index in [1.165, 1.54) is 0 Å². The minimum absolute atomic E-state index is 0.418.